The second-order valence-electron chi connectivity index (χ2n) is 9.48. The largest absolute Gasteiger partial charge is 0.497 e. The molecule has 0 saturated heterocycles. The van der Waals surface area contributed by atoms with Gasteiger partial charge in [-0.1, -0.05) is 61.7 Å². The Balaban J connectivity index is 1.54. The van der Waals surface area contributed by atoms with Crippen LogP contribution in [0.25, 0.3) is 11.0 Å². The minimum Gasteiger partial charge on any atom is -0.497 e. The van der Waals surface area contributed by atoms with Crippen LogP contribution in [0.4, 0.5) is 5.69 Å². The first-order valence-electron chi connectivity index (χ1n) is 12.9. The number of hydrogen-bond acceptors (Lipinski definition) is 4. The lowest BCUT2D eigenvalue weighted by Crippen LogP contribution is -2.48. The van der Waals surface area contributed by atoms with Crippen molar-refractivity contribution in [2.75, 3.05) is 12.0 Å². The number of amides is 2. The average Bonchev–Trinajstić information content (AvgIpc) is 3.35. The summed E-state index contributed by atoms with van der Waals surface area (Å²) in [6, 6.07) is 23.8. The summed E-state index contributed by atoms with van der Waals surface area (Å²) in [5, 5.41) is 3.26. The van der Waals surface area contributed by atoms with Crippen LogP contribution in [-0.4, -0.2) is 34.5 Å². The van der Waals surface area contributed by atoms with Gasteiger partial charge in [0.15, 0.2) is 0 Å². The Kier molecular flexibility index (Phi) is 7.49. The molecular formula is C30H32N4O3. The maximum atomic E-state index is 14.1. The number of nitrogens with zero attached hydrogens (tertiary/aromatic N) is 3. The minimum atomic E-state index is -0.821. The number of benzene rings is 3. The van der Waals surface area contributed by atoms with Gasteiger partial charge in [-0.25, -0.2) is 4.98 Å². The summed E-state index contributed by atoms with van der Waals surface area (Å²) in [5.74, 6) is 0.304. The maximum Gasteiger partial charge on any atom is 0.248 e. The number of nitrogens with one attached hydrogen (secondary N) is 1. The molecule has 37 heavy (non-hydrogen) atoms. The number of hydrogen-bond donors (Lipinski definition) is 1. The summed E-state index contributed by atoms with van der Waals surface area (Å²) in [4.78, 5) is 34.1. The van der Waals surface area contributed by atoms with Crippen LogP contribution in [0.1, 0.15) is 43.7 Å². The molecule has 1 aliphatic rings. The zero-order valence-corrected chi connectivity index (χ0v) is 21.0. The molecule has 0 radical (unpaired) electrons. The van der Waals surface area contributed by atoms with Crippen molar-refractivity contribution < 1.29 is 14.3 Å². The molecule has 1 aliphatic carbocycles. The minimum absolute atomic E-state index is 0.0482. The molecule has 1 atom stereocenters. The molecule has 1 fully saturated rings. The Morgan fingerprint density at radius 1 is 0.973 bits per heavy atom. The lowest BCUT2D eigenvalue weighted by Gasteiger charge is -2.33. The molecule has 7 heteroatoms. The fraction of sp³-hybridized carbons (Fsp3) is 0.300. The molecule has 0 unspecified atom stereocenters. The molecule has 0 aliphatic heterocycles. The van der Waals surface area contributed by atoms with Crippen molar-refractivity contribution in [3.05, 3.63) is 90.8 Å². The summed E-state index contributed by atoms with van der Waals surface area (Å²) in [6.07, 6.45) is 7.01. The van der Waals surface area contributed by atoms with E-state index in [4.69, 9.17) is 4.74 Å². The van der Waals surface area contributed by atoms with E-state index in [0.717, 1.165) is 42.3 Å². The number of anilines is 1. The number of para-hydroxylation sites is 2. The van der Waals surface area contributed by atoms with Gasteiger partial charge in [-0.05, 0) is 54.8 Å². The molecule has 0 spiro atoms. The molecule has 1 heterocycles. The highest BCUT2D eigenvalue weighted by Crippen LogP contribution is 2.31. The summed E-state index contributed by atoms with van der Waals surface area (Å²) < 4.78 is 7.17. The summed E-state index contributed by atoms with van der Waals surface area (Å²) >= 11 is 0. The second-order valence-corrected chi connectivity index (χ2v) is 9.48. The van der Waals surface area contributed by atoms with Crippen molar-refractivity contribution >= 4 is 28.5 Å². The Hall–Kier alpha value is -4.13. The molecule has 7 nitrogen and oxygen atoms in total. The van der Waals surface area contributed by atoms with Crippen LogP contribution < -0.4 is 15.0 Å². The number of carbonyl (C=O) groups is 2. The number of fused-ring (bicyclic) bond motifs is 1. The second kappa shape index (κ2) is 11.3. The van der Waals surface area contributed by atoms with Gasteiger partial charge in [0.25, 0.3) is 0 Å². The van der Waals surface area contributed by atoms with Crippen LogP contribution in [0.5, 0.6) is 5.75 Å². The first-order chi connectivity index (χ1) is 18.1. The molecule has 4 aromatic rings. The van der Waals surface area contributed by atoms with Crippen molar-refractivity contribution in [2.45, 2.75) is 50.7 Å². The van der Waals surface area contributed by atoms with E-state index in [0.29, 0.717) is 11.4 Å². The predicted molar refractivity (Wildman–Crippen MR) is 144 cm³/mol. The molecule has 1 saturated carbocycles. The van der Waals surface area contributed by atoms with Crippen LogP contribution >= 0.6 is 0 Å². The number of rotatable bonds is 8. The fourth-order valence-corrected chi connectivity index (χ4v) is 5.12. The number of aromatic nitrogens is 2. The van der Waals surface area contributed by atoms with Gasteiger partial charge in [0.2, 0.25) is 11.8 Å². The van der Waals surface area contributed by atoms with E-state index in [1.54, 1.807) is 18.3 Å². The highest BCUT2D eigenvalue weighted by atomic mass is 16.5. The number of ether oxygens (including phenoxy) is 1. The van der Waals surface area contributed by atoms with Crippen molar-refractivity contribution in [2.24, 2.45) is 0 Å². The highest BCUT2D eigenvalue weighted by Gasteiger charge is 2.34. The molecule has 0 bridgehead atoms. The summed E-state index contributed by atoms with van der Waals surface area (Å²) in [6.45, 7) is 0.0482. The van der Waals surface area contributed by atoms with Gasteiger partial charge in [-0.3, -0.25) is 14.5 Å². The van der Waals surface area contributed by atoms with Crippen molar-refractivity contribution in [1.29, 1.82) is 0 Å². The zero-order valence-electron chi connectivity index (χ0n) is 21.0. The third-order valence-electron chi connectivity index (χ3n) is 7.03. The van der Waals surface area contributed by atoms with E-state index in [1.807, 2.05) is 83.4 Å². The van der Waals surface area contributed by atoms with E-state index in [-0.39, 0.29) is 24.4 Å². The van der Waals surface area contributed by atoms with E-state index < -0.39 is 6.04 Å². The number of methoxy groups -OCH3 is 1. The Labute approximate surface area is 217 Å². The van der Waals surface area contributed by atoms with Gasteiger partial charge in [0.05, 0.1) is 24.5 Å². The van der Waals surface area contributed by atoms with E-state index >= 15 is 0 Å². The van der Waals surface area contributed by atoms with E-state index in [2.05, 4.69) is 10.3 Å². The first kappa shape index (κ1) is 24.6. The van der Waals surface area contributed by atoms with Crippen molar-refractivity contribution in [3.8, 4) is 5.75 Å². The Morgan fingerprint density at radius 3 is 2.41 bits per heavy atom. The van der Waals surface area contributed by atoms with Gasteiger partial charge in [0, 0.05) is 11.7 Å². The monoisotopic (exact) mass is 496 g/mol. The quantitative estimate of drug-likeness (QED) is 0.361. The zero-order chi connectivity index (χ0) is 25.6. The predicted octanol–water partition coefficient (Wildman–Crippen LogP) is 5.27. The topological polar surface area (TPSA) is 76.5 Å². The average molecular weight is 497 g/mol. The van der Waals surface area contributed by atoms with Gasteiger partial charge in [-0.2, -0.15) is 0 Å². The maximum absolute atomic E-state index is 14.1. The lowest BCUT2D eigenvalue weighted by molar-refractivity contribution is -0.127. The van der Waals surface area contributed by atoms with Crippen LogP contribution in [0.2, 0.25) is 0 Å². The molecule has 190 valence electrons. The summed E-state index contributed by atoms with van der Waals surface area (Å²) in [7, 11) is 1.60. The molecule has 1 aromatic heterocycles. The number of imidazole rings is 1. The highest BCUT2D eigenvalue weighted by molar-refractivity contribution is 6.01. The Morgan fingerprint density at radius 2 is 1.68 bits per heavy atom. The van der Waals surface area contributed by atoms with Gasteiger partial charge in [-0.15, -0.1) is 0 Å². The van der Waals surface area contributed by atoms with Crippen LogP contribution in [0, 0.1) is 0 Å². The van der Waals surface area contributed by atoms with Gasteiger partial charge in [0.1, 0.15) is 18.3 Å². The van der Waals surface area contributed by atoms with Crippen LogP contribution in [0.15, 0.2) is 85.2 Å². The SMILES string of the molecule is COc1ccc(N(C(=O)Cn2cnc3ccccc32)[C@@H](C(=O)NC2CCCCC2)c2ccccc2)cc1. The molecule has 3 aromatic carbocycles. The third kappa shape index (κ3) is 5.50. The number of carbonyl (C=O) groups excluding carboxylic acids is 2. The first-order valence-corrected chi connectivity index (χ1v) is 12.9. The standard InChI is InChI=1S/C30H32N4O3/c1-37-25-18-16-24(17-19-25)34(28(35)20-33-21-31-26-14-8-9-15-27(26)33)29(22-10-4-2-5-11-22)30(36)32-23-12-6-3-7-13-23/h2,4-5,8-11,14-19,21,23,29H,3,6-7,12-13,20H2,1H3,(H,32,36)/t29-/m1/s1. The van der Waals surface area contributed by atoms with Crippen molar-refractivity contribution in [1.82, 2.24) is 14.9 Å². The molecule has 2 amide bonds. The van der Waals surface area contributed by atoms with Gasteiger partial charge < -0.3 is 14.6 Å². The van der Waals surface area contributed by atoms with E-state index in [9.17, 15) is 9.59 Å². The Bertz CT molecular complexity index is 1340. The molecule has 5 rings (SSSR count). The smallest absolute Gasteiger partial charge is 0.248 e. The fourth-order valence-electron chi connectivity index (χ4n) is 5.12. The molecular weight excluding hydrogens is 464 g/mol. The normalized spacial score (nSPS) is 14.7. The van der Waals surface area contributed by atoms with Crippen LogP contribution in [0.3, 0.4) is 0 Å². The molecule has 1 N–H and O–H groups in total. The van der Waals surface area contributed by atoms with Crippen LogP contribution in [-0.2, 0) is 16.1 Å². The van der Waals surface area contributed by atoms with Gasteiger partial charge >= 0.3 is 0 Å². The lowest BCUT2D eigenvalue weighted by atomic mass is 9.94. The third-order valence-corrected chi connectivity index (χ3v) is 7.03. The van der Waals surface area contributed by atoms with E-state index in [1.165, 1.54) is 6.42 Å². The summed E-state index contributed by atoms with van der Waals surface area (Å²) in [5.41, 5.74) is 3.08. The van der Waals surface area contributed by atoms with Crippen molar-refractivity contribution in [3.63, 3.8) is 0 Å².